The highest BCUT2D eigenvalue weighted by molar-refractivity contribution is 8.02. The quantitative estimate of drug-likeness (QED) is 0.260. The number of carbonyl (C=O) groups is 3. The molecule has 2 aliphatic heterocycles. The normalized spacial score (nSPS) is 30.4. The van der Waals surface area contributed by atoms with Crippen molar-refractivity contribution in [3.05, 3.63) is 71.8 Å². The summed E-state index contributed by atoms with van der Waals surface area (Å²) >= 11 is 3.47. The van der Waals surface area contributed by atoms with Crippen LogP contribution < -0.4 is 10.6 Å². The molecule has 0 spiro atoms. The first-order valence-electron chi connectivity index (χ1n) is 12.7. The molecule has 8 nitrogen and oxygen atoms in total. The standard InChI is InChI=1S/C28H31N3O5S2/c1-36-21(32)14-8-13-19-23-22(20(15-37-23)29-26(33)17-9-4-2-5-10-17)28(16-38-24(19)25(28)31-35)30-27(34)18-11-6-3-7-12-18/h2-7,9-12,19-20,22-24,35H,8,13-16H2,1H3,(H,29,33)(H,30,34)/b31-25-/t19-,20+,22+,23+,24+,28-/m0/s1. The number of amides is 2. The van der Waals surface area contributed by atoms with Gasteiger partial charge in [0.25, 0.3) is 11.8 Å². The van der Waals surface area contributed by atoms with Crippen molar-refractivity contribution in [2.75, 3.05) is 18.6 Å². The number of thioether (sulfide) groups is 2. The molecule has 5 rings (SSSR count). The predicted molar refractivity (Wildman–Crippen MR) is 149 cm³/mol. The number of fused-ring (bicyclic) bond motifs is 4. The third-order valence-electron chi connectivity index (χ3n) is 7.83. The van der Waals surface area contributed by atoms with Gasteiger partial charge in [-0.1, -0.05) is 41.6 Å². The molecule has 2 aromatic rings. The third kappa shape index (κ3) is 4.91. The fourth-order valence-electron chi connectivity index (χ4n) is 6.12. The van der Waals surface area contributed by atoms with Gasteiger partial charge in [0.05, 0.1) is 23.6 Å². The van der Waals surface area contributed by atoms with Crippen LogP contribution in [0.2, 0.25) is 0 Å². The van der Waals surface area contributed by atoms with Crippen molar-refractivity contribution in [2.45, 2.75) is 41.3 Å². The second-order valence-corrected chi connectivity index (χ2v) is 12.3. The van der Waals surface area contributed by atoms with E-state index < -0.39 is 5.54 Å². The van der Waals surface area contributed by atoms with Crippen molar-refractivity contribution in [1.29, 1.82) is 0 Å². The molecule has 6 atom stereocenters. The van der Waals surface area contributed by atoms with Gasteiger partial charge in [-0.15, -0.1) is 11.8 Å². The molecule has 1 saturated carbocycles. The van der Waals surface area contributed by atoms with E-state index in [1.54, 1.807) is 47.8 Å². The lowest BCUT2D eigenvalue weighted by molar-refractivity contribution is -0.140. The Bertz CT molecular complexity index is 1210. The first-order valence-corrected chi connectivity index (χ1v) is 14.8. The summed E-state index contributed by atoms with van der Waals surface area (Å²) < 4.78 is 4.83. The molecule has 200 valence electrons. The van der Waals surface area contributed by atoms with Crippen LogP contribution in [0.25, 0.3) is 0 Å². The lowest BCUT2D eigenvalue weighted by Crippen LogP contribution is -2.69. The summed E-state index contributed by atoms with van der Waals surface area (Å²) in [7, 11) is 1.39. The SMILES string of the molecule is COC(=O)CCC[C@H]1[C@H]2SC[C@@H](NC(=O)c3ccccc3)[C@H]2[C@@]2(NC(=O)c3ccccc3)CS[C@H]1/C2=N/O. The molecule has 1 aliphatic carbocycles. The number of esters is 1. The van der Waals surface area contributed by atoms with Gasteiger partial charge in [-0.05, 0) is 43.0 Å². The molecule has 3 N–H and O–H groups in total. The minimum Gasteiger partial charge on any atom is -0.469 e. The first kappa shape index (κ1) is 26.6. The molecule has 10 heteroatoms. The lowest BCUT2D eigenvalue weighted by atomic mass is 9.64. The summed E-state index contributed by atoms with van der Waals surface area (Å²) in [4.78, 5) is 38.4. The van der Waals surface area contributed by atoms with E-state index in [1.165, 1.54) is 7.11 Å². The maximum absolute atomic E-state index is 13.5. The minimum absolute atomic E-state index is 0.0916. The highest BCUT2D eigenvalue weighted by Gasteiger charge is 2.66. The van der Waals surface area contributed by atoms with E-state index in [0.717, 1.165) is 6.42 Å². The summed E-state index contributed by atoms with van der Waals surface area (Å²) in [5.74, 6) is 0.508. The van der Waals surface area contributed by atoms with Crippen LogP contribution in [0.4, 0.5) is 0 Å². The zero-order valence-corrected chi connectivity index (χ0v) is 22.7. The van der Waals surface area contributed by atoms with E-state index in [2.05, 4.69) is 15.8 Å². The maximum Gasteiger partial charge on any atom is 0.305 e. The average Bonchev–Trinajstić information content (AvgIpc) is 3.50. The number of methoxy groups -OCH3 is 1. The van der Waals surface area contributed by atoms with Crippen molar-refractivity contribution in [3.8, 4) is 0 Å². The Hall–Kier alpha value is -2.98. The average molecular weight is 554 g/mol. The zero-order valence-electron chi connectivity index (χ0n) is 21.0. The highest BCUT2D eigenvalue weighted by atomic mass is 32.2. The third-order valence-corrected chi connectivity index (χ3v) is 11.0. The van der Waals surface area contributed by atoms with Crippen molar-refractivity contribution < 1.29 is 24.3 Å². The molecule has 0 unspecified atom stereocenters. The van der Waals surface area contributed by atoms with E-state index in [4.69, 9.17) is 4.74 Å². The van der Waals surface area contributed by atoms with E-state index in [1.807, 2.05) is 36.4 Å². The van der Waals surface area contributed by atoms with Crippen molar-refractivity contribution in [1.82, 2.24) is 10.6 Å². The first-order chi connectivity index (χ1) is 18.5. The number of rotatable bonds is 8. The molecular formula is C28H31N3O5S2. The van der Waals surface area contributed by atoms with E-state index in [0.29, 0.717) is 41.2 Å². The Morgan fingerprint density at radius 3 is 2.32 bits per heavy atom. The highest BCUT2D eigenvalue weighted by Crippen LogP contribution is 2.57. The van der Waals surface area contributed by atoms with Gasteiger partial charge in [0, 0.05) is 46.3 Å². The Kier molecular flexibility index (Phi) is 7.99. The van der Waals surface area contributed by atoms with Crippen LogP contribution in [-0.2, 0) is 9.53 Å². The van der Waals surface area contributed by atoms with Gasteiger partial charge in [-0.3, -0.25) is 14.4 Å². The number of hydrogen-bond donors (Lipinski definition) is 3. The molecule has 2 heterocycles. The Morgan fingerprint density at radius 2 is 1.68 bits per heavy atom. The van der Waals surface area contributed by atoms with Crippen molar-refractivity contribution in [3.63, 3.8) is 0 Å². The summed E-state index contributed by atoms with van der Waals surface area (Å²) in [5.41, 5.74) is 0.750. The van der Waals surface area contributed by atoms with Gasteiger partial charge in [0.2, 0.25) is 0 Å². The summed E-state index contributed by atoms with van der Waals surface area (Å²) in [6.45, 7) is 0. The number of oxime groups is 1. The summed E-state index contributed by atoms with van der Waals surface area (Å²) in [5, 5.41) is 20.6. The molecule has 2 saturated heterocycles. The molecule has 38 heavy (non-hydrogen) atoms. The monoisotopic (exact) mass is 553 g/mol. The second-order valence-electron chi connectivity index (χ2n) is 9.91. The molecule has 0 aromatic heterocycles. The van der Waals surface area contributed by atoms with E-state index in [9.17, 15) is 19.6 Å². The fraction of sp³-hybridized carbons (Fsp3) is 0.429. The minimum atomic E-state index is -0.904. The van der Waals surface area contributed by atoms with Gasteiger partial charge in [0.1, 0.15) is 0 Å². The molecule has 0 radical (unpaired) electrons. The molecule has 2 aromatic carbocycles. The van der Waals surface area contributed by atoms with Crippen molar-refractivity contribution in [2.24, 2.45) is 17.0 Å². The van der Waals surface area contributed by atoms with Crippen LogP contribution in [0.3, 0.4) is 0 Å². The van der Waals surface area contributed by atoms with Crippen LogP contribution >= 0.6 is 23.5 Å². The maximum atomic E-state index is 13.5. The second kappa shape index (κ2) is 11.4. The van der Waals surface area contributed by atoms with Crippen LogP contribution in [0.1, 0.15) is 40.0 Å². The number of ether oxygens (including phenoxy) is 1. The van der Waals surface area contributed by atoms with E-state index in [-0.39, 0.29) is 46.2 Å². The number of carbonyl (C=O) groups excluding carboxylic acids is 3. The van der Waals surface area contributed by atoms with Gasteiger partial charge >= 0.3 is 5.97 Å². The van der Waals surface area contributed by atoms with Gasteiger partial charge in [0.15, 0.2) is 0 Å². The topological polar surface area (TPSA) is 117 Å². The molecule has 3 fully saturated rings. The number of nitrogens with zero attached hydrogens (tertiary/aromatic N) is 1. The fourth-order valence-corrected chi connectivity index (χ4v) is 9.94. The van der Waals surface area contributed by atoms with Crippen LogP contribution in [0.15, 0.2) is 65.8 Å². The largest absolute Gasteiger partial charge is 0.469 e. The number of hydrogen-bond acceptors (Lipinski definition) is 8. The zero-order chi connectivity index (χ0) is 26.7. The van der Waals surface area contributed by atoms with Gasteiger partial charge in [-0.25, -0.2) is 0 Å². The van der Waals surface area contributed by atoms with Crippen LogP contribution in [0.5, 0.6) is 0 Å². The summed E-state index contributed by atoms with van der Waals surface area (Å²) in [6.07, 6.45) is 1.73. The number of benzene rings is 2. The van der Waals surface area contributed by atoms with E-state index >= 15 is 0 Å². The van der Waals surface area contributed by atoms with Crippen molar-refractivity contribution >= 4 is 47.0 Å². The lowest BCUT2D eigenvalue weighted by Gasteiger charge is -2.48. The number of nitrogens with one attached hydrogen (secondary N) is 2. The smallest absolute Gasteiger partial charge is 0.305 e. The molecule has 2 bridgehead atoms. The van der Waals surface area contributed by atoms with Gasteiger partial charge < -0.3 is 20.6 Å². The summed E-state index contributed by atoms with van der Waals surface area (Å²) in [6, 6.07) is 17.8. The molecule has 2 amide bonds. The Balaban J connectivity index is 1.47. The Labute approximate surface area is 230 Å². The predicted octanol–water partition coefficient (Wildman–Crippen LogP) is 3.60. The van der Waals surface area contributed by atoms with Gasteiger partial charge in [-0.2, -0.15) is 11.8 Å². The van der Waals surface area contributed by atoms with Crippen LogP contribution in [-0.4, -0.2) is 69.4 Å². The molecular weight excluding hydrogens is 522 g/mol. The van der Waals surface area contributed by atoms with Crippen LogP contribution in [0, 0.1) is 11.8 Å². The Morgan fingerprint density at radius 1 is 1.03 bits per heavy atom. The molecule has 3 aliphatic rings.